The van der Waals surface area contributed by atoms with E-state index >= 15 is 0 Å². The number of carboxylic acids is 2. The fraction of sp³-hybridized carbons (Fsp3) is 0.889. The van der Waals surface area contributed by atoms with Crippen LogP contribution in [-0.4, -0.2) is 22.2 Å². The summed E-state index contributed by atoms with van der Waals surface area (Å²) >= 11 is 0. The first kappa shape index (κ1) is 17.3. The van der Waals surface area contributed by atoms with Crippen molar-refractivity contribution in [2.45, 2.75) is 84.0 Å². The Labute approximate surface area is 133 Å². The molecule has 0 aromatic carbocycles. The molecule has 4 heteroatoms. The van der Waals surface area contributed by atoms with Gasteiger partial charge >= 0.3 is 11.9 Å². The van der Waals surface area contributed by atoms with E-state index in [-0.39, 0.29) is 0 Å². The van der Waals surface area contributed by atoms with Gasteiger partial charge in [0.15, 0.2) is 0 Å². The second-order valence-electron chi connectivity index (χ2n) is 7.42. The molecule has 2 aliphatic rings. The molecule has 22 heavy (non-hydrogen) atoms. The Morgan fingerprint density at radius 2 is 1.41 bits per heavy atom. The van der Waals surface area contributed by atoms with Gasteiger partial charge in [0.1, 0.15) is 0 Å². The second-order valence-corrected chi connectivity index (χ2v) is 7.42. The third-order valence-corrected chi connectivity index (χ3v) is 6.37. The first-order chi connectivity index (χ1) is 10.5. The van der Waals surface area contributed by atoms with Crippen molar-refractivity contribution in [3.05, 3.63) is 0 Å². The van der Waals surface area contributed by atoms with E-state index in [9.17, 15) is 19.8 Å². The van der Waals surface area contributed by atoms with Gasteiger partial charge in [-0.05, 0) is 44.4 Å². The fourth-order valence-corrected chi connectivity index (χ4v) is 4.90. The van der Waals surface area contributed by atoms with Crippen LogP contribution in [0.2, 0.25) is 0 Å². The molecule has 0 bridgehead atoms. The van der Waals surface area contributed by atoms with Gasteiger partial charge in [-0.2, -0.15) is 0 Å². The average molecular weight is 310 g/mol. The molecule has 0 aromatic heterocycles. The Bertz CT molecular complexity index is 401. The number of aliphatic carboxylic acids is 2. The number of hydrogen-bond donors (Lipinski definition) is 2. The van der Waals surface area contributed by atoms with Crippen molar-refractivity contribution in [2.75, 3.05) is 0 Å². The molecule has 0 aromatic rings. The van der Waals surface area contributed by atoms with Crippen LogP contribution in [0.15, 0.2) is 0 Å². The highest BCUT2D eigenvalue weighted by Crippen LogP contribution is 2.58. The minimum Gasteiger partial charge on any atom is -0.481 e. The minimum atomic E-state index is -1.04. The summed E-state index contributed by atoms with van der Waals surface area (Å²) in [6, 6.07) is 0. The van der Waals surface area contributed by atoms with Gasteiger partial charge in [-0.1, -0.05) is 45.4 Å². The molecule has 2 fully saturated rings. The van der Waals surface area contributed by atoms with Crippen molar-refractivity contribution in [1.29, 1.82) is 0 Å². The van der Waals surface area contributed by atoms with E-state index in [1.165, 1.54) is 12.8 Å². The van der Waals surface area contributed by atoms with Gasteiger partial charge in [0, 0.05) is 0 Å². The maximum Gasteiger partial charge on any atom is 0.310 e. The normalized spacial score (nSPS) is 31.6. The van der Waals surface area contributed by atoms with Gasteiger partial charge in [0.05, 0.1) is 10.8 Å². The van der Waals surface area contributed by atoms with Crippen molar-refractivity contribution < 1.29 is 19.8 Å². The molecule has 0 aliphatic heterocycles. The zero-order valence-electron chi connectivity index (χ0n) is 13.8. The summed E-state index contributed by atoms with van der Waals surface area (Å²) in [6.45, 7) is 2.17. The molecule has 4 nitrogen and oxygen atoms in total. The molecule has 2 saturated carbocycles. The van der Waals surface area contributed by atoms with E-state index in [1.54, 1.807) is 0 Å². The predicted molar refractivity (Wildman–Crippen MR) is 84.7 cm³/mol. The first-order valence-corrected chi connectivity index (χ1v) is 8.95. The summed E-state index contributed by atoms with van der Waals surface area (Å²) in [5.74, 6) is -1.16. The van der Waals surface area contributed by atoms with E-state index in [4.69, 9.17) is 0 Å². The third kappa shape index (κ3) is 2.89. The number of carbonyl (C=O) groups is 2. The molecular weight excluding hydrogens is 280 g/mol. The molecular formula is C18H30O4. The Balaban J connectivity index is 2.22. The number of carboxylic acid groups (broad SMARTS) is 2. The standard InChI is InChI=1S/C18H30O4/c1-2-3-7-14-8-12-18(13-9-14,16(21)22)17(15(19)20)10-5-4-6-11-17/h14H,2-13H2,1H3,(H,19,20)(H,21,22)/t14-,18-. The maximum atomic E-state index is 12.1. The van der Waals surface area contributed by atoms with Gasteiger partial charge < -0.3 is 10.2 Å². The van der Waals surface area contributed by atoms with Crippen molar-refractivity contribution in [1.82, 2.24) is 0 Å². The third-order valence-electron chi connectivity index (χ3n) is 6.37. The van der Waals surface area contributed by atoms with Crippen LogP contribution in [0.4, 0.5) is 0 Å². The molecule has 0 radical (unpaired) electrons. The summed E-state index contributed by atoms with van der Waals surface area (Å²) in [7, 11) is 0. The first-order valence-electron chi connectivity index (χ1n) is 8.95. The Morgan fingerprint density at radius 3 is 1.86 bits per heavy atom. The molecule has 0 amide bonds. The van der Waals surface area contributed by atoms with Crippen molar-refractivity contribution in [2.24, 2.45) is 16.7 Å². The lowest BCUT2D eigenvalue weighted by atomic mass is 9.51. The van der Waals surface area contributed by atoms with Crippen LogP contribution in [-0.2, 0) is 9.59 Å². The Morgan fingerprint density at radius 1 is 0.909 bits per heavy atom. The number of unbranched alkanes of at least 4 members (excludes halogenated alkanes) is 1. The van der Waals surface area contributed by atoms with Crippen LogP contribution in [0.3, 0.4) is 0 Å². The summed E-state index contributed by atoms with van der Waals surface area (Å²) in [4.78, 5) is 24.2. The van der Waals surface area contributed by atoms with Crippen LogP contribution in [0.1, 0.15) is 84.0 Å². The fourth-order valence-electron chi connectivity index (χ4n) is 4.90. The topological polar surface area (TPSA) is 74.6 Å². The molecule has 2 aliphatic carbocycles. The van der Waals surface area contributed by atoms with Crippen LogP contribution in [0, 0.1) is 16.7 Å². The van der Waals surface area contributed by atoms with Crippen LogP contribution in [0.25, 0.3) is 0 Å². The van der Waals surface area contributed by atoms with Gasteiger partial charge in [-0.25, -0.2) is 0 Å². The molecule has 2 N–H and O–H groups in total. The molecule has 0 saturated heterocycles. The van der Waals surface area contributed by atoms with E-state index in [1.807, 2.05) is 0 Å². The van der Waals surface area contributed by atoms with Crippen LogP contribution in [0.5, 0.6) is 0 Å². The zero-order valence-corrected chi connectivity index (χ0v) is 13.8. The maximum absolute atomic E-state index is 12.1. The van der Waals surface area contributed by atoms with E-state index in [0.29, 0.717) is 31.6 Å². The summed E-state index contributed by atoms with van der Waals surface area (Å²) in [5, 5.41) is 19.9. The van der Waals surface area contributed by atoms with Crippen molar-refractivity contribution in [3.8, 4) is 0 Å². The monoisotopic (exact) mass is 310 g/mol. The number of rotatable bonds is 6. The quantitative estimate of drug-likeness (QED) is 0.759. The predicted octanol–water partition coefficient (Wildman–Crippen LogP) is 4.47. The molecule has 0 spiro atoms. The minimum absolute atomic E-state index is 0.536. The largest absolute Gasteiger partial charge is 0.481 e. The van der Waals surface area contributed by atoms with E-state index < -0.39 is 22.8 Å². The van der Waals surface area contributed by atoms with E-state index in [0.717, 1.165) is 38.5 Å². The lowest BCUT2D eigenvalue weighted by molar-refractivity contribution is -0.183. The van der Waals surface area contributed by atoms with Gasteiger partial charge in [0.25, 0.3) is 0 Å². The molecule has 0 atom stereocenters. The Kier molecular flexibility index (Phi) is 5.51. The van der Waals surface area contributed by atoms with Gasteiger partial charge in [0.2, 0.25) is 0 Å². The highest BCUT2D eigenvalue weighted by Gasteiger charge is 2.61. The van der Waals surface area contributed by atoms with Gasteiger partial charge in [-0.15, -0.1) is 0 Å². The lowest BCUT2D eigenvalue weighted by Gasteiger charge is -2.50. The molecule has 0 unspecified atom stereocenters. The van der Waals surface area contributed by atoms with E-state index in [2.05, 4.69) is 6.92 Å². The van der Waals surface area contributed by atoms with Crippen LogP contribution >= 0.6 is 0 Å². The SMILES string of the molecule is CCCC[C@H]1CC[C@](C(=O)O)(C2(C(=O)O)CCCCC2)CC1. The molecule has 0 heterocycles. The summed E-state index contributed by atoms with van der Waals surface area (Å²) in [5.41, 5.74) is -2.07. The summed E-state index contributed by atoms with van der Waals surface area (Å²) < 4.78 is 0. The average Bonchev–Trinajstić information content (AvgIpc) is 2.53. The number of hydrogen-bond acceptors (Lipinski definition) is 2. The molecule has 2 rings (SSSR count). The molecule has 126 valence electrons. The van der Waals surface area contributed by atoms with Crippen LogP contribution < -0.4 is 0 Å². The van der Waals surface area contributed by atoms with Crippen molar-refractivity contribution >= 4 is 11.9 Å². The second kappa shape index (κ2) is 7.01. The lowest BCUT2D eigenvalue weighted by Crippen LogP contribution is -2.55. The Hall–Kier alpha value is -1.06. The smallest absolute Gasteiger partial charge is 0.310 e. The summed E-state index contributed by atoms with van der Waals surface area (Å²) in [6.07, 6.45) is 10.2. The van der Waals surface area contributed by atoms with Crippen molar-refractivity contribution in [3.63, 3.8) is 0 Å². The highest BCUT2D eigenvalue weighted by atomic mass is 16.4. The van der Waals surface area contributed by atoms with Gasteiger partial charge in [-0.3, -0.25) is 9.59 Å². The zero-order chi connectivity index (χ0) is 16.2. The highest BCUT2D eigenvalue weighted by molar-refractivity contribution is 5.87.